The number of hydrogen-bond donors (Lipinski definition) is 1. The number of hydrogen-bond acceptors (Lipinski definition) is 6. The lowest BCUT2D eigenvalue weighted by atomic mass is 9.94. The third-order valence-corrected chi connectivity index (χ3v) is 3.63. The van der Waals surface area contributed by atoms with Crippen LogP contribution in [0.1, 0.15) is 26.7 Å². The van der Waals surface area contributed by atoms with Crippen molar-refractivity contribution < 1.29 is 0 Å². The van der Waals surface area contributed by atoms with Gasteiger partial charge in [0.05, 0.1) is 0 Å². The van der Waals surface area contributed by atoms with E-state index in [9.17, 15) is 0 Å². The van der Waals surface area contributed by atoms with Crippen LogP contribution in [0.2, 0.25) is 0 Å². The maximum Gasteiger partial charge on any atom is 0.232 e. The SMILES string of the molecule is CNc1nc(N(C)C)nc(N2CCC(C)CC2C)n1. The zero-order chi connectivity index (χ0) is 14.0. The molecule has 1 fully saturated rings. The second-order valence-corrected chi connectivity index (χ2v) is 5.58. The molecule has 0 saturated carbocycles. The van der Waals surface area contributed by atoms with Crippen molar-refractivity contribution in [2.45, 2.75) is 32.7 Å². The molecule has 2 heterocycles. The van der Waals surface area contributed by atoms with Crippen molar-refractivity contribution in [2.24, 2.45) is 5.92 Å². The van der Waals surface area contributed by atoms with E-state index in [1.54, 1.807) is 0 Å². The summed E-state index contributed by atoms with van der Waals surface area (Å²) in [5.41, 5.74) is 0. The van der Waals surface area contributed by atoms with Crippen LogP contribution in [0.5, 0.6) is 0 Å². The molecule has 0 bridgehead atoms. The van der Waals surface area contributed by atoms with E-state index in [1.807, 2.05) is 26.0 Å². The summed E-state index contributed by atoms with van der Waals surface area (Å²) in [6.07, 6.45) is 2.39. The average molecular weight is 264 g/mol. The second kappa shape index (κ2) is 5.59. The molecule has 0 aromatic carbocycles. The molecule has 106 valence electrons. The topological polar surface area (TPSA) is 57.2 Å². The Balaban J connectivity index is 2.30. The van der Waals surface area contributed by atoms with Gasteiger partial charge < -0.3 is 15.1 Å². The van der Waals surface area contributed by atoms with Crippen molar-refractivity contribution >= 4 is 17.8 Å². The van der Waals surface area contributed by atoms with E-state index in [1.165, 1.54) is 12.8 Å². The van der Waals surface area contributed by atoms with E-state index >= 15 is 0 Å². The van der Waals surface area contributed by atoms with Gasteiger partial charge in [0, 0.05) is 33.7 Å². The van der Waals surface area contributed by atoms with Crippen LogP contribution in [-0.2, 0) is 0 Å². The number of anilines is 3. The Morgan fingerprint density at radius 3 is 2.53 bits per heavy atom. The number of piperidine rings is 1. The van der Waals surface area contributed by atoms with Crippen LogP contribution in [0, 0.1) is 5.92 Å². The molecule has 0 spiro atoms. The lowest BCUT2D eigenvalue weighted by Crippen LogP contribution is -2.41. The van der Waals surface area contributed by atoms with Crippen LogP contribution in [0.4, 0.5) is 17.8 Å². The predicted molar refractivity (Wildman–Crippen MR) is 78.9 cm³/mol. The average Bonchev–Trinajstić information content (AvgIpc) is 2.38. The molecular weight excluding hydrogens is 240 g/mol. The summed E-state index contributed by atoms with van der Waals surface area (Å²) >= 11 is 0. The number of nitrogens with one attached hydrogen (secondary N) is 1. The molecule has 1 aliphatic heterocycles. The molecule has 1 aromatic heterocycles. The van der Waals surface area contributed by atoms with Crippen LogP contribution >= 0.6 is 0 Å². The summed E-state index contributed by atoms with van der Waals surface area (Å²) in [6, 6.07) is 0.478. The first-order valence-electron chi connectivity index (χ1n) is 6.89. The monoisotopic (exact) mass is 264 g/mol. The molecule has 6 nitrogen and oxygen atoms in total. The van der Waals surface area contributed by atoms with Crippen LogP contribution in [-0.4, -0.2) is 48.7 Å². The van der Waals surface area contributed by atoms with Crippen molar-refractivity contribution in [1.82, 2.24) is 15.0 Å². The van der Waals surface area contributed by atoms with Gasteiger partial charge in [0.2, 0.25) is 17.8 Å². The highest BCUT2D eigenvalue weighted by Crippen LogP contribution is 2.26. The van der Waals surface area contributed by atoms with E-state index in [-0.39, 0.29) is 0 Å². The molecule has 1 aliphatic rings. The molecule has 2 rings (SSSR count). The van der Waals surface area contributed by atoms with Crippen molar-refractivity contribution in [3.05, 3.63) is 0 Å². The summed E-state index contributed by atoms with van der Waals surface area (Å²) in [6.45, 7) is 5.57. The number of aromatic nitrogens is 3. The van der Waals surface area contributed by atoms with Crippen molar-refractivity contribution in [1.29, 1.82) is 0 Å². The zero-order valence-corrected chi connectivity index (χ0v) is 12.5. The maximum atomic E-state index is 4.57. The molecule has 0 amide bonds. The lowest BCUT2D eigenvalue weighted by molar-refractivity contribution is 0.374. The third kappa shape index (κ3) is 3.05. The fraction of sp³-hybridized carbons (Fsp3) is 0.769. The zero-order valence-electron chi connectivity index (χ0n) is 12.5. The predicted octanol–water partition coefficient (Wildman–Crippen LogP) is 1.60. The molecular formula is C13H24N6. The van der Waals surface area contributed by atoms with Crippen LogP contribution < -0.4 is 15.1 Å². The van der Waals surface area contributed by atoms with E-state index in [2.05, 4.69) is 39.0 Å². The standard InChI is InChI=1S/C13H24N6/c1-9-6-7-19(10(2)8-9)13-16-11(14-3)15-12(17-13)18(4)5/h9-10H,6-8H2,1-5H3,(H,14,15,16,17). The van der Waals surface area contributed by atoms with E-state index in [4.69, 9.17) is 0 Å². The van der Waals surface area contributed by atoms with Crippen molar-refractivity contribution in [2.75, 3.05) is 42.8 Å². The van der Waals surface area contributed by atoms with E-state index < -0.39 is 0 Å². The summed E-state index contributed by atoms with van der Waals surface area (Å²) < 4.78 is 0. The number of nitrogens with zero attached hydrogens (tertiary/aromatic N) is 5. The van der Waals surface area contributed by atoms with Crippen LogP contribution in [0.3, 0.4) is 0 Å². The second-order valence-electron chi connectivity index (χ2n) is 5.58. The smallest absolute Gasteiger partial charge is 0.232 e. The molecule has 2 unspecified atom stereocenters. The fourth-order valence-corrected chi connectivity index (χ4v) is 2.50. The van der Waals surface area contributed by atoms with E-state index in [0.717, 1.165) is 18.4 Å². The molecule has 0 radical (unpaired) electrons. The van der Waals surface area contributed by atoms with Gasteiger partial charge >= 0.3 is 0 Å². The molecule has 0 aliphatic carbocycles. The van der Waals surface area contributed by atoms with Gasteiger partial charge in [-0.2, -0.15) is 15.0 Å². The Morgan fingerprint density at radius 1 is 1.21 bits per heavy atom. The van der Waals surface area contributed by atoms with Gasteiger partial charge in [-0.25, -0.2) is 0 Å². The van der Waals surface area contributed by atoms with Gasteiger partial charge in [0.1, 0.15) is 0 Å². The Bertz CT molecular complexity index is 433. The molecule has 1 saturated heterocycles. The van der Waals surface area contributed by atoms with Gasteiger partial charge in [0.15, 0.2) is 0 Å². The molecule has 19 heavy (non-hydrogen) atoms. The van der Waals surface area contributed by atoms with Gasteiger partial charge in [0.25, 0.3) is 0 Å². The summed E-state index contributed by atoms with van der Waals surface area (Å²) in [4.78, 5) is 17.6. The van der Waals surface area contributed by atoms with Crippen LogP contribution in [0.25, 0.3) is 0 Å². The van der Waals surface area contributed by atoms with Gasteiger partial charge in [-0.3, -0.25) is 0 Å². The first-order chi connectivity index (χ1) is 9.01. The lowest BCUT2D eigenvalue weighted by Gasteiger charge is -2.36. The minimum atomic E-state index is 0.478. The summed E-state index contributed by atoms with van der Waals surface area (Å²) in [5, 5.41) is 3.01. The first kappa shape index (κ1) is 13.8. The Morgan fingerprint density at radius 2 is 1.95 bits per heavy atom. The highest BCUT2D eigenvalue weighted by molar-refractivity contribution is 5.45. The van der Waals surface area contributed by atoms with Gasteiger partial charge in [-0.15, -0.1) is 0 Å². The van der Waals surface area contributed by atoms with Gasteiger partial charge in [-0.05, 0) is 25.7 Å². The highest BCUT2D eigenvalue weighted by Gasteiger charge is 2.25. The van der Waals surface area contributed by atoms with Crippen molar-refractivity contribution in [3.63, 3.8) is 0 Å². The Hall–Kier alpha value is -1.59. The van der Waals surface area contributed by atoms with Gasteiger partial charge in [-0.1, -0.05) is 6.92 Å². The minimum absolute atomic E-state index is 0.478. The van der Waals surface area contributed by atoms with E-state index in [0.29, 0.717) is 17.9 Å². The third-order valence-electron chi connectivity index (χ3n) is 3.63. The first-order valence-corrected chi connectivity index (χ1v) is 6.89. The molecule has 2 atom stereocenters. The maximum absolute atomic E-state index is 4.57. The largest absolute Gasteiger partial charge is 0.357 e. The fourth-order valence-electron chi connectivity index (χ4n) is 2.50. The molecule has 6 heteroatoms. The van der Waals surface area contributed by atoms with Crippen molar-refractivity contribution in [3.8, 4) is 0 Å². The quantitative estimate of drug-likeness (QED) is 0.895. The molecule has 1 N–H and O–H groups in total. The summed E-state index contributed by atoms with van der Waals surface area (Å²) in [5.74, 6) is 2.88. The number of rotatable bonds is 3. The summed E-state index contributed by atoms with van der Waals surface area (Å²) in [7, 11) is 5.72. The van der Waals surface area contributed by atoms with Crippen LogP contribution in [0.15, 0.2) is 0 Å². The highest BCUT2D eigenvalue weighted by atomic mass is 15.4. The molecule has 1 aromatic rings. The Kier molecular flexibility index (Phi) is 4.07. The Labute approximate surface area is 115 Å². The normalized spacial score (nSPS) is 23.3. The minimum Gasteiger partial charge on any atom is -0.357 e.